The molecule has 3 unspecified atom stereocenters. The van der Waals surface area contributed by atoms with E-state index < -0.39 is 0 Å². The Kier molecular flexibility index (Phi) is 5.49. The van der Waals surface area contributed by atoms with E-state index in [1.807, 2.05) is 0 Å². The zero-order chi connectivity index (χ0) is 13.0. The molecule has 100 valence electrons. The fourth-order valence-corrected chi connectivity index (χ4v) is 3.52. The van der Waals surface area contributed by atoms with E-state index in [9.17, 15) is 0 Å². The third-order valence-corrected chi connectivity index (χ3v) is 4.85. The summed E-state index contributed by atoms with van der Waals surface area (Å²) in [5, 5.41) is 0. The molecular formula is C16H23IO. The van der Waals surface area contributed by atoms with Gasteiger partial charge in [0.15, 0.2) is 0 Å². The summed E-state index contributed by atoms with van der Waals surface area (Å²) in [7, 11) is 0. The lowest BCUT2D eigenvalue weighted by Crippen LogP contribution is -2.28. The predicted molar refractivity (Wildman–Crippen MR) is 85.3 cm³/mol. The van der Waals surface area contributed by atoms with Crippen molar-refractivity contribution < 1.29 is 4.74 Å². The van der Waals surface area contributed by atoms with Gasteiger partial charge in [0.1, 0.15) is 0 Å². The lowest BCUT2D eigenvalue weighted by atomic mass is 9.87. The van der Waals surface area contributed by atoms with Gasteiger partial charge in [0.2, 0.25) is 0 Å². The van der Waals surface area contributed by atoms with E-state index in [-0.39, 0.29) is 6.10 Å². The molecule has 1 aliphatic carbocycles. The summed E-state index contributed by atoms with van der Waals surface area (Å²) in [4.78, 5) is 0. The molecule has 0 amide bonds. The molecule has 0 bridgehead atoms. The third-order valence-electron chi connectivity index (χ3n) is 4.05. The highest BCUT2D eigenvalue weighted by atomic mass is 127. The average molecular weight is 358 g/mol. The van der Waals surface area contributed by atoms with Crippen LogP contribution < -0.4 is 0 Å². The summed E-state index contributed by atoms with van der Waals surface area (Å²) in [6, 6.07) is 8.62. The van der Waals surface area contributed by atoms with E-state index in [0.717, 1.165) is 4.43 Å². The van der Waals surface area contributed by atoms with Crippen molar-refractivity contribution in [1.82, 2.24) is 0 Å². The van der Waals surface area contributed by atoms with E-state index in [4.69, 9.17) is 4.74 Å². The molecule has 1 aromatic rings. The van der Waals surface area contributed by atoms with Crippen LogP contribution in [0.15, 0.2) is 24.3 Å². The summed E-state index contributed by atoms with van der Waals surface area (Å²) >= 11 is 2.45. The zero-order valence-corrected chi connectivity index (χ0v) is 13.5. The molecule has 2 rings (SSSR count). The molecule has 2 heteroatoms. The number of alkyl halides is 1. The van der Waals surface area contributed by atoms with E-state index >= 15 is 0 Å². The fourth-order valence-electron chi connectivity index (χ4n) is 2.84. The Morgan fingerprint density at radius 2 is 2.00 bits per heavy atom. The summed E-state index contributed by atoms with van der Waals surface area (Å²) in [6.07, 6.45) is 5.99. The van der Waals surface area contributed by atoms with Crippen molar-refractivity contribution in [3.63, 3.8) is 0 Å². The molecule has 0 radical (unpaired) electrons. The number of halogens is 1. The minimum Gasteiger partial charge on any atom is -0.369 e. The number of hydrogen-bond acceptors (Lipinski definition) is 1. The van der Waals surface area contributed by atoms with E-state index in [0.29, 0.717) is 12.0 Å². The maximum atomic E-state index is 6.41. The van der Waals surface area contributed by atoms with Crippen LogP contribution in [0.1, 0.15) is 49.8 Å². The van der Waals surface area contributed by atoms with Crippen LogP contribution in [-0.4, -0.2) is 10.5 Å². The second-order valence-electron chi connectivity index (χ2n) is 5.44. The topological polar surface area (TPSA) is 9.23 Å². The smallest absolute Gasteiger partial charge is 0.0920 e. The molecule has 1 aliphatic rings. The van der Waals surface area contributed by atoms with Gasteiger partial charge in [0.25, 0.3) is 0 Å². The van der Waals surface area contributed by atoms with Crippen LogP contribution in [0.3, 0.4) is 0 Å². The molecule has 0 aromatic heterocycles. The van der Waals surface area contributed by atoms with Crippen LogP contribution in [0.5, 0.6) is 0 Å². The number of aryl methyl sites for hydroxylation is 1. The van der Waals surface area contributed by atoms with Gasteiger partial charge in [-0.15, -0.1) is 0 Å². The van der Waals surface area contributed by atoms with Crippen molar-refractivity contribution in [3.8, 4) is 0 Å². The Hall–Kier alpha value is -0.0900. The predicted octanol–water partition coefficient (Wildman–Crippen LogP) is 5.07. The molecule has 1 nitrogen and oxygen atoms in total. The quantitative estimate of drug-likeness (QED) is 0.540. The van der Waals surface area contributed by atoms with Gasteiger partial charge in [0.05, 0.1) is 12.2 Å². The highest BCUT2D eigenvalue weighted by Crippen LogP contribution is 2.32. The van der Waals surface area contributed by atoms with Crippen molar-refractivity contribution in [2.45, 2.75) is 51.7 Å². The number of ether oxygens (including phenoxy) is 1. The molecule has 0 saturated heterocycles. The van der Waals surface area contributed by atoms with Crippen LogP contribution in [0, 0.1) is 12.8 Å². The molecular weight excluding hydrogens is 335 g/mol. The minimum absolute atomic E-state index is 0.261. The molecule has 0 aliphatic heterocycles. The summed E-state index contributed by atoms with van der Waals surface area (Å²) in [6.45, 7) is 4.52. The Morgan fingerprint density at radius 3 is 2.67 bits per heavy atom. The summed E-state index contributed by atoms with van der Waals surface area (Å²) in [5.41, 5.74) is 2.72. The lowest BCUT2D eigenvalue weighted by Gasteiger charge is -2.32. The molecule has 0 N–H and O–H groups in total. The van der Waals surface area contributed by atoms with Crippen LogP contribution in [0.25, 0.3) is 0 Å². The standard InChI is InChI=1S/C16H23IO/c1-12-7-3-5-9-14(12)16(11-17)18-15-10-6-4-8-13(15)2/h3,5,7,9,13,15-16H,4,6,8,10-11H2,1-2H3. The van der Waals surface area contributed by atoms with Gasteiger partial charge in [-0.1, -0.05) is 66.6 Å². The second kappa shape index (κ2) is 6.90. The zero-order valence-electron chi connectivity index (χ0n) is 11.4. The first-order valence-electron chi connectivity index (χ1n) is 6.99. The largest absolute Gasteiger partial charge is 0.369 e. The Labute approximate surface area is 124 Å². The average Bonchev–Trinajstić information content (AvgIpc) is 2.39. The maximum absolute atomic E-state index is 6.41. The third kappa shape index (κ3) is 3.47. The van der Waals surface area contributed by atoms with Crippen molar-refractivity contribution in [3.05, 3.63) is 35.4 Å². The Bertz CT molecular complexity index is 377. The first kappa shape index (κ1) is 14.3. The summed E-state index contributed by atoms with van der Waals surface area (Å²) in [5.74, 6) is 0.716. The van der Waals surface area contributed by atoms with Crippen molar-refractivity contribution >= 4 is 22.6 Å². The molecule has 3 atom stereocenters. The van der Waals surface area contributed by atoms with Crippen LogP contribution in [0.2, 0.25) is 0 Å². The van der Waals surface area contributed by atoms with Crippen molar-refractivity contribution in [2.75, 3.05) is 4.43 Å². The molecule has 1 fully saturated rings. The van der Waals surface area contributed by atoms with Crippen LogP contribution in [-0.2, 0) is 4.74 Å². The van der Waals surface area contributed by atoms with Crippen molar-refractivity contribution in [1.29, 1.82) is 0 Å². The summed E-state index contributed by atoms with van der Waals surface area (Å²) < 4.78 is 7.45. The highest BCUT2D eigenvalue weighted by molar-refractivity contribution is 14.1. The molecule has 0 heterocycles. The van der Waals surface area contributed by atoms with Crippen molar-refractivity contribution in [2.24, 2.45) is 5.92 Å². The van der Waals surface area contributed by atoms with E-state index in [1.54, 1.807) is 0 Å². The first-order valence-corrected chi connectivity index (χ1v) is 8.52. The first-order chi connectivity index (χ1) is 8.72. The number of hydrogen-bond donors (Lipinski definition) is 0. The normalized spacial score (nSPS) is 25.9. The monoisotopic (exact) mass is 358 g/mol. The maximum Gasteiger partial charge on any atom is 0.0920 e. The van der Waals surface area contributed by atoms with Gasteiger partial charge in [-0.3, -0.25) is 0 Å². The number of rotatable bonds is 4. The van der Waals surface area contributed by atoms with Gasteiger partial charge in [-0.25, -0.2) is 0 Å². The second-order valence-corrected chi connectivity index (χ2v) is 6.32. The molecule has 1 aromatic carbocycles. The van der Waals surface area contributed by atoms with Gasteiger partial charge in [-0.05, 0) is 36.8 Å². The van der Waals surface area contributed by atoms with Crippen LogP contribution >= 0.6 is 22.6 Å². The fraction of sp³-hybridized carbons (Fsp3) is 0.625. The Morgan fingerprint density at radius 1 is 1.28 bits per heavy atom. The van der Waals surface area contributed by atoms with Gasteiger partial charge < -0.3 is 4.74 Å². The molecule has 18 heavy (non-hydrogen) atoms. The molecule has 0 spiro atoms. The highest BCUT2D eigenvalue weighted by Gasteiger charge is 2.25. The van der Waals surface area contributed by atoms with Crippen LogP contribution in [0.4, 0.5) is 0 Å². The number of benzene rings is 1. The van der Waals surface area contributed by atoms with E-state index in [2.05, 4.69) is 60.7 Å². The van der Waals surface area contributed by atoms with Gasteiger partial charge >= 0.3 is 0 Å². The lowest BCUT2D eigenvalue weighted by molar-refractivity contribution is -0.0463. The SMILES string of the molecule is Cc1ccccc1C(CI)OC1CCCCC1C. The van der Waals surface area contributed by atoms with Gasteiger partial charge in [0, 0.05) is 4.43 Å². The van der Waals surface area contributed by atoms with Gasteiger partial charge in [-0.2, -0.15) is 0 Å². The van der Waals surface area contributed by atoms with E-state index in [1.165, 1.54) is 36.8 Å². The Balaban J connectivity index is 2.07. The molecule has 1 saturated carbocycles. The minimum atomic E-state index is 0.261.